The van der Waals surface area contributed by atoms with E-state index in [2.05, 4.69) is 10.6 Å². The second-order valence-corrected chi connectivity index (χ2v) is 8.30. The highest BCUT2D eigenvalue weighted by molar-refractivity contribution is 6.30. The van der Waals surface area contributed by atoms with Gasteiger partial charge >= 0.3 is 6.03 Å². The predicted octanol–water partition coefficient (Wildman–Crippen LogP) is 3.99. The van der Waals surface area contributed by atoms with Crippen LogP contribution in [0.25, 0.3) is 11.3 Å². The smallest absolute Gasteiger partial charge is 0.325 e. The number of carbonyl (C=O) groups is 3. The Hall–Kier alpha value is -3.58. The summed E-state index contributed by atoms with van der Waals surface area (Å²) >= 11 is 5.90. The van der Waals surface area contributed by atoms with Crippen molar-refractivity contribution in [2.75, 3.05) is 6.54 Å². The van der Waals surface area contributed by atoms with Gasteiger partial charge in [-0.2, -0.15) is 0 Å². The number of amides is 4. The maximum atomic E-state index is 13.0. The molecule has 4 amide bonds. The van der Waals surface area contributed by atoms with Crippen molar-refractivity contribution in [3.05, 3.63) is 82.6 Å². The molecule has 1 aliphatic rings. The van der Waals surface area contributed by atoms with Crippen LogP contribution < -0.4 is 10.6 Å². The van der Waals surface area contributed by atoms with E-state index in [-0.39, 0.29) is 13.1 Å². The zero-order valence-corrected chi connectivity index (χ0v) is 18.4. The van der Waals surface area contributed by atoms with Gasteiger partial charge in [-0.15, -0.1) is 0 Å². The van der Waals surface area contributed by atoms with Gasteiger partial charge in [0.2, 0.25) is 5.91 Å². The van der Waals surface area contributed by atoms with Crippen molar-refractivity contribution in [3.8, 4) is 11.3 Å². The Morgan fingerprint density at radius 2 is 1.75 bits per heavy atom. The Balaban J connectivity index is 1.37. The molecule has 1 aromatic heterocycles. The van der Waals surface area contributed by atoms with E-state index in [9.17, 15) is 14.4 Å². The minimum Gasteiger partial charge on any atom is -0.459 e. The molecule has 164 valence electrons. The molecule has 32 heavy (non-hydrogen) atoms. The van der Waals surface area contributed by atoms with E-state index in [4.69, 9.17) is 16.0 Å². The van der Waals surface area contributed by atoms with Crippen LogP contribution in [0.4, 0.5) is 4.79 Å². The summed E-state index contributed by atoms with van der Waals surface area (Å²) in [5.74, 6) is 0.259. The number of nitrogens with zero attached hydrogens (tertiary/aromatic N) is 1. The van der Waals surface area contributed by atoms with Gasteiger partial charge in [-0.05, 0) is 55.8 Å². The molecule has 7 nitrogen and oxygen atoms in total. The topological polar surface area (TPSA) is 91.7 Å². The van der Waals surface area contributed by atoms with Gasteiger partial charge in [0.05, 0.1) is 6.54 Å². The number of aryl methyl sites for hydroxylation is 1. The van der Waals surface area contributed by atoms with E-state index in [1.165, 1.54) is 0 Å². The van der Waals surface area contributed by atoms with Crippen molar-refractivity contribution in [3.63, 3.8) is 0 Å². The number of halogens is 1. The maximum absolute atomic E-state index is 13.0. The summed E-state index contributed by atoms with van der Waals surface area (Å²) in [6.07, 6.45) is 0. The molecular formula is C24H22ClN3O4. The van der Waals surface area contributed by atoms with Crippen molar-refractivity contribution >= 4 is 29.4 Å². The number of hydrogen-bond acceptors (Lipinski definition) is 4. The summed E-state index contributed by atoms with van der Waals surface area (Å²) in [7, 11) is 0. The van der Waals surface area contributed by atoms with Crippen LogP contribution in [0.15, 0.2) is 65.1 Å². The molecule has 3 aromatic rings. The molecule has 0 spiro atoms. The fourth-order valence-electron chi connectivity index (χ4n) is 3.55. The first kappa shape index (κ1) is 21.6. The van der Waals surface area contributed by atoms with E-state index < -0.39 is 23.4 Å². The molecule has 2 aromatic carbocycles. The third-order valence-electron chi connectivity index (χ3n) is 5.46. The van der Waals surface area contributed by atoms with Crippen LogP contribution in [-0.4, -0.2) is 29.3 Å². The zero-order chi connectivity index (χ0) is 22.9. The lowest BCUT2D eigenvalue weighted by Crippen LogP contribution is -2.43. The number of hydrogen-bond donors (Lipinski definition) is 2. The molecule has 4 rings (SSSR count). The highest BCUT2D eigenvalue weighted by atomic mass is 35.5. The second-order valence-electron chi connectivity index (χ2n) is 7.86. The first-order valence-electron chi connectivity index (χ1n) is 10.1. The predicted molar refractivity (Wildman–Crippen MR) is 120 cm³/mol. The van der Waals surface area contributed by atoms with Crippen molar-refractivity contribution < 1.29 is 18.8 Å². The Morgan fingerprint density at radius 3 is 2.44 bits per heavy atom. The van der Waals surface area contributed by atoms with Crippen LogP contribution >= 0.6 is 11.6 Å². The standard InChI is InChI=1S/C24H22ClN3O4/c1-15-3-7-17(8-4-15)24(2)22(30)28(23(31)27-24)14-21(29)26-13-19-11-12-20(32-19)16-5-9-18(25)10-6-16/h3-12H,13-14H2,1-2H3,(H,26,29)(H,27,31). The number of carbonyl (C=O) groups excluding carboxylic acids is 3. The van der Waals surface area contributed by atoms with Crippen LogP contribution in [0.1, 0.15) is 23.8 Å². The fourth-order valence-corrected chi connectivity index (χ4v) is 3.68. The molecule has 1 fully saturated rings. The monoisotopic (exact) mass is 451 g/mol. The van der Waals surface area contributed by atoms with Crippen LogP contribution in [0.2, 0.25) is 5.02 Å². The van der Waals surface area contributed by atoms with Crippen LogP contribution in [-0.2, 0) is 21.7 Å². The van der Waals surface area contributed by atoms with E-state index in [1.807, 2.05) is 31.2 Å². The summed E-state index contributed by atoms with van der Waals surface area (Å²) in [5, 5.41) is 6.02. The van der Waals surface area contributed by atoms with Crippen molar-refractivity contribution in [2.24, 2.45) is 0 Å². The number of benzene rings is 2. The summed E-state index contributed by atoms with van der Waals surface area (Å²) in [6, 6.07) is 17.5. The lowest BCUT2D eigenvalue weighted by Gasteiger charge is -2.22. The summed E-state index contributed by atoms with van der Waals surface area (Å²) in [4.78, 5) is 38.7. The summed E-state index contributed by atoms with van der Waals surface area (Å²) < 4.78 is 5.76. The third kappa shape index (κ3) is 4.24. The Bertz CT molecular complexity index is 1170. The first-order valence-corrected chi connectivity index (χ1v) is 10.5. The Kier molecular flexibility index (Phi) is 5.76. The van der Waals surface area contributed by atoms with Gasteiger partial charge in [0, 0.05) is 10.6 Å². The molecule has 0 radical (unpaired) electrons. The Labute approximate surface area is 190 Å². The van der Waals surface area contributed by atoms with Gasteiger partial charge < -0.3 is 15.1 Å². The summed E-state index contributed by atoms with van der Waals surface area (Å²) in [5.41, 5.74) is 1.36. The SMILES string of the molecule is Cc1ccc(C2(C)NC(=O)N(CC(=O)NCc3ccc(-c4ccc(Cl)cc4)o3)C2=O)cc1. The summed E-state index contributed by atoms with van der Waals surface area (Å²) in [6.45, 7) is 3.33. The quantitative estimate of drug-likeness (QED) is 0.554. The van der Waals surface area contributed by atoms with Gasteiger partial charge in [0.1, 0.15) is 23.6 Å². The molecule has 2 N–H and O–H groups in total. The molecule has 0 aliphatic carbocycles. The number of urea groups is 1. The molecule has 0 bridgehead atoms. The van der Waals surface area contributed by atoms with Crippen LogP contribution in [0.5, 0.6) is 0 Å². The van der Waals surface area contributed by atoms with E-state index in [0.29, 0.717) is 22.1 Å². The maximum Gasteiger partial charge on any atom is 0.325 e. The molecule has 0 saturated carbocycles. The van der Waals surface area contributed by atoms with Crippen LogP contribution in [0, 0.1) is 6.92 Å². The Morgan fingerprint density at radius 1 is 1.06 bits per heavy atom. The van der Waals surface area contributed by atoms with Gasteiger partial charge in [-0.3, -0.25) is 14.5 Å². The van der Waals surface area contributed by atoms with E-state index in [0.717, 1.165) is 16.0 Å². The highest BCUT2D eigenvalue weighted by Crippen LogP contribution is 2.29. The minimum atomic E-state index is -1.21. The molecule has 1 aliphatic heterocycles. The lowest BCUT2D eigenvalue weighted by atomic mass is 9.91. The molecule has 2 heterocycles. The normalized spacial score (nSPS) is 18.0. The zero-order valence-electron chi connectivity index (χ0n) is 17.6. The van der Waals surface area contributed by atoms with Crippen molar-refractivity contribution in [1.29, 1.82) is 0 Å². The average molecular weight is 452 g/mol. The van der Waals surface area contributed by atoms with E-state index in [1.54, 1.807) is 43.3 Å². The minimum absolute atomic E-state index is 0.130. The van der Waals surface area contributed by atoms with E-state index >= 15 is 0 Å². The second kappa shape index (κ2) is 8.51. The number of imide groups is 1. The van der Waals surface area contributed by atoms with Crippen molar-refractivity contribution in [1.82, 2.24) is 15.5 Å². The average Bonchev–Trinajstić information content (AvgIpc) is 3.32. The third-order valence-corrected chi connectivity index (χ3v) is 5.71. The van der Waals surface area contributed by atoms with Gasteiger partial charge in [0.25, 0.3) is 5.91 Å². The molecular weight excluding hydrogens is 430 g/mol. The largest absolute Gasteiger partial charge is 0.459 e. The lowest BCUT2D eigenvalue weighted by molar-refractivity contribution is -0.134. The van der Waals surface area contributed by atoms with Gasteiger partial charge in [0.15, 0.2) is 0 Å². The number of rotatable bonds is 6. The van der Waals surface area contributed by atoms with Crippen LogP contribution in [0.3, 0.4) is 0 Å². The van der Waals surface area contributed by atoms with Crippen molar-refractivity contribution in [2.45, 2.75) is 25.9 Å². The number of nitrogens with one attached hydrogen (secondary N) is 2. The fraction of sp³-hybridized carbons (Fsp3) is 0.208. The molecule has 1 atom stereocenters. The first-order chi connectivity index (χ1) is 15.3. The van der Waals surface area contributed by atoms with Gasteiger partial charge in [-0.1, -0.05) is 41.4 Å². The molecule has 1 unspecified atom stereocenters. The molecule has 1 saturated heterocycles. The number of furan rings is 1. The van der Waals surface area contributed by atoms with Gasteiger partial charge in [-0.25, -0.2) is 4.79 Å². The molecule has 8 heteroatoms. The highest BCUT2D eigenvalue weighted by Gasteiger charge is 2.49.